The molecule has 1 saturated heterocycles. The van der Waals surface area contributed by atoms with Gasteiger partial charge in [-0.1, -0.05) is 6.07 Å². The van der Waals surface area contributed by atoms with Crippen LogP contribution in [-0.2, 0) is 4.74 Å². The molecule has 0 spiro atoms. The van der Waals surface area contributed by atoms with E-state index in [2.05, 4.69) is 4.98 Å². The number of ether oxygens (including phenoxy) is 2. The molecular weight excluding hydrogens is 234 g/mol. The lowest BCUT2D eigenvalue weighted by Crippen LogP contribution is -2.38. The van der Waals surface area contributed by atoms with Gasteiger partial charge in [-0.15, -0.1) is 0 Å². The van der Waals surface area contributed by atoms with E-state index in [1.807, 2.05) is 0 Å². The third-order valence-electron chi connectivity index (χ3n) is 2.86. The maximum Gasteiger partial charge on any atom is 0.336 e. The third-order valence-corrected chi connectivity index (χ3v) is 2.86. The Hall–Kier alpha value is -2.14. The number of benzene rings is 1. The van der Waals surface area contributed by atoms with Crippen LogP contribution in [0.4, 0.5) is 0 Å². The Morgan fingerprint density at radius 3 is 2.89 bits per heavy atom. The van der Waals surface area contributed by atoms with Gasteiger partial charge in [-0.25, -0.2) is 4.79 Å². The second kappa shape index (κ2) is 4.27. The van der Waals surface area contributed by atoms with Gasteiger partial charge in [0.25, 0.3) is 0 Å². The molecule has 1 aliphatic heterocycles. The van der Waals surface area contributed by atoms with E-state index in [0.29, 0.717) is 29.9 Å². The Kier molecular flexibility index (Phi) is 2.60. The van der Waals surface area contributed by atoms with Crippen LogP contribution in [0.2, 0.25) is 0 Å². The van der Waals surface area contributed by atoms with E-state index in [1.165, 1.54) is 0 Å². The summed E-state index contributed by atoms with van der Waals surface area (Å²) in [6.07, 6.45) is 1.66. The summed E-state index contributed by atoms with van der Waals surface area (Å²) in [6, 6.07) is 6.64. The number of nitrogens with zero attached hydrogens (tertiary/aromatic N) is 1. The summed E-state index contributed by atoms with van der Waals surface area (Å²) in [5.74, 6) is -0.365. The van der Waals surface area contributed by atoms with Gasteiger partial charge in [-0.3, -0.25) is 4.98 Å². The number of pyridine rings is 1. The average Bonchev–Trinajstić information content (AvgIpc) is 2.33. The SMILES string of the molecule is O=C(O)c1ccc(OC2COC2)c2ncccc12. The average molecular weight is 245 g/mol. The fourth-order valence-electron chi connectivity index (χ4n) is 1.89. The molecule has 2 heterocycles. The molecule has 5 nitrogen and oxygen atoms in total. The van der Waals surface area contributed by atoms with Crippen LogP contribution in [0.5, 0.6) is 5.75 Å². The molecule has 0 atom stereocenters. The Labute approximate surface area is 103 Å². The van der Waals surface area contributed by atoms with Crippen LogP contribution in [0.25, 0.3) is 10.9 Å². The smallest absolute Gasteiger partial charge is 0.336 e. The van der Waals surface area contributed by atoms with Crippen LogP contribution < -0.4 is 4.74 Å². The van der Waals surface area contributed by atoms with Crippen molar-refractivity contribution in [3.8, 4) is 5.75 Å². The van der Waals surface area contributed by atoms with Crippen molar-refractivity contribution in [3.63, 3.8) is 0 Å². The van der Waals surface area contributed by atoms with E-state index in [1.54, 1.807) is 30.5 Å². The van der Waals surface area contributed by atoms with Crippen molar-refractivity contribution in [2.75, 3.05) is 13.2 Å². The maximum atomic E-state index is 11.1. The first kappa shape index (κ1) is 11.0. The molecule has 0 unspecified atom stereocenters. The first-order valence-corrected chi connectivity index (χ1v) is 5.61. The van der Waals surface area contributed by atoms with Crippen molar-refractivity contribution in [1.82, 2.24) is 4.98 Å². The van der Waals surface area contributed by atoms with E-state index in [4.69, 9.17) is 14.6 Å². The number of hydrogen-bond donors (Lipinski definition) is 1. The van der Waals surface area contributed by atoms with E-state index in [9.17, 15) is 4.79 Å². The fraction of sp³-hybridized carbons (Fsp3) is 0.231. The van der Waals surface area contributed by atoms with E-state index in [0.717, 1.165) is 0 Å². The zero-order valence-electron chi connectivity index (χ0n) is 9.50. The monoisotopic (exact) mass is 245 g/mol. The number of aromatic carboxylic acids is 1. The molecule has 92 valence electrons. The topological polar surface area (TPSA) is 68.7 Å². The van der Waals surface area contributed by atoms with Crippen molar-refractivity contribution in [3.05, 3.63) is 36.0 Å². The van der Waals surface area contributed by atoms with Crippen LogP contribution in [-0.4, -0.2) is 35.4 Å². The molecule has 0 aliphatic carbocycles. The van der Waals surface area contributed by atoms with Gasteiger partial charge < -0.3 is 14.6 Å². The van der Waals surface area contributed by atoms with Crippen LogP contribution in [0.3, 0.4) is 0 Å². The number of carboxylic acid groups (broad SMARTS) is 1. The lowest BCUT2D eigenvalue weighted by Gasteiger charge is -2.27. The minimum atomic E-state index is -0.966. The number of rotatable bonds is 3. The van der Waals surface area contributed by atoms with Crippen LogP contribution in [0, 0.1) is 0 Å². The lowest BCUT2D eigenvalue weighted by molar-refractivity contribution is -0.0791. The predicted molar refractivity (Wildman–Crippen MR) is 63.9 cm³/mol. The van der Waals surface area contributed by atoms with Gasteiger partial charge in [-0.2, -0.15) is 0 Å². The standard InChI is InChI=1S/C13H11NO4/c15-13(16)10-3-4-11(18-8-6-17-7-8)12-9(10)2-1-5-14-12/h1-5,8H,6-7H2,(H,15,16). The fourth-order valence-corrected chi connectivity index (χ4v) is 1.89. The van der Waals surface area contributed by atoms with Crippen molar-refractivity contribution in [2.45, 2.75) is 6.10 Å². The van der Waals surface area contributed by atoms with Crippen LogP contribution in [0.15, 0.2) is 30.5 Å². The Balaban J connectivity index is 2.10. The van der Waals surface area contributed by atoms with Gasteiger partial charge in [0, 0.05) is 11.6 Å². The number of fused-ring (bicyclic) bond motifs is 1. The molecule has 0 amide bonds. The Morgan fingerprint density at radius 1 is 1.39 bits per heavy atom. The molecule has 0 bridgehead atoms. The second-order valence-electron chi connectivity index (χ2n) is 4.09. The summed E-state index contributed by atoms with van der Waals surface area (Å²) in [5, 5.41) is 9.71. The number of aromatic nitrogens is 1. The van der Waals surface area contributed by atoms with Gasteiger partial charge in [0.2, 0.25) is 0 Å². The van der Waals surface area contributed by atoms with Crippen molar-refractivity contribution >= 4 is 16.9 Å². The largest absolute Gasteiger partial charge is 0.483 e. The van der Waals surface area contributed by atoms with Gasteiger partial charge >= 0.3 is 5.97 Å². The minimum Gasteiger partial charge on any atom is -0.483 e. The molecule has 1 N–H and O–H groups in total. The van der Waals surface area contributed by atoms with Crippen molar-refractivity contribution in [2.24, 2.45) is 0 Å². The van der Waals surface area contributed by atoms with E-state index < -0.39 is 5.97 Å². The lowest BCUT2D eigenvalue weighted by atomic mass is 10.1. The summed E-state index contributed by atoms with van der Waals surface area (Å²) >= 11 is 0. The molecular formula is C13H11NO4. The Morgan fingerprint density at radius 2 is 2.22 bits per heavy atom. The highest BCUT2D eigenvalue weighted by Gasteiger charge is 2.22. The number of carbonyl (C=O) groups is 1. The van der Waals surface area contributed by atoms with E-state index in [-0.39, 0.29) is 11.7 Å². The highest BCUT2D eigenvalue weighted by atomic mass is 16.6. The summed E-state index contributed by atoms with van der Waals surface area (Å²) in [5.41, 5.74) is 0.805. The van der Waals surface area contributed by atoms with Crippen LogP contribution in [0.1, 0.15) is 10.4 Å². The highest BCUT2D eigenvalue weighted by Crippen LogP contribution is 2.28. The second-order valence-corrected chi connectivity index (χ2v) is 4.09. The molecule has 1 aromatic carbocycles. The van der Waals surface area contributed by atoms with Gasteiger partial charge in [0.1, 0.15) is 17.4 Å². The molecule has 3 rings (SSSR count). The predicted octanol–water partition coefficient (Wildman–Crippen LogP) is 1.71. The summed E-state index contributed by atoms with van der Waals surface area (Å²) in [4.78, 5) is 15.3. The molecule has 0 saturated carbocycles. The molecule has 1 aliphatic rings. The summed E-state index contributed by atoms with van der Waals surface area (Å²) in [6.45, 7) is 1.13. The molecule has 2 aromatic rings. The van der Waals surface area contributed by atoms with Gasteiger partial charge in [0.15, 0.2) is 0 Å². The third kappa shape index (κ3) is 1.78. The molecule has 18 heavy (non-hydrogen) atoms. The Bertz CT molecular complexity index is 607. The highest BCUT2D eigenvalue weighted by molar-refractivity contribution is 6.04. The van der Waals surface area contributed by atoms with Gasteiger partial charge in [0.05, 0.1) is 18.8 Å². The van der Waals surface area contributed by atoms with Crippen molar-refractivity contribution < 1.29 is 19.4 Å². The van der Waals surface area contributed by atoms with Crippen molar-refractivity contribution in [1.29, 1.82) is 0 Å². The number of hydrogen-bond acceptors (Lipinski definition) is 4. The molecule has 1 aromatic heterocycles. The van der Waals surface area contributed by atoms with Crippen LogP contribution >= 0.6 is 0 Å². The molecule has 1 fully saturated rings. The molecule has 0 radical (unpaired) electrons. The number of carboxylic acids is 1. The summed E-state index contributed by atoms with van der Waals surface area (Å²) < 4.78 is 10.8. The minimum absolute atomic E-state index is 0.0332. The normalized spacial score (nSPS) is 15.3. The van der Waals surface area contributed by atoms with E-state index >= 15 is 0 Å². The summed E-state index contributed by atoms with van der Waals surface area (Å²) in [7, 11) is 0. The zero-order valence-corrected chi connectivity index (χ0v) is 9.50. The quantitative estimate of drug-likeness (QED) is 0.891. The molecule has 5 heteroatoms. The maximum absolute atomic E-state index is 11.1. The first-order chi connectivity index (χ1) is 8.75. The van der Waals surface area contributed by atoms with Gasteiger partial charge in [-0.05, 0) is 18.2 Å². The first-order valence-electron chi connectivity index (χ1n) is 5.61. The zero-order chi connectivity index (χ0) is 12.5.